The molecular weight excluding hydrogens is 517 g/mol. The zero-order valence-electron chi connectivity index (χ0n) is 19.7. The number of nitrogens with one attached hydrogen (secondary N) is 3. The molecule has 1 aromatic rings. The Morgan fingerprint density at radius 3 is 2.59 bits per heavy atom. The summed E-state index contributed by atoms with van der Waals surface area (Å²) >= 11 is 0. The van der Waals surface area contributed by atoms with Crippen LogP contribution in [0.3, 0.4) is 0 Å². The highest BCUT2D eigenvalue weighted by molar-refractivity contribution is 14.0. The second-order valence-electron chi connectivity index (χ2n) is 8.85. The smallest absolute Gasteiger partial charge is 0.227 e. The van der Waals surface area contributed by atoms with Crippen LogP contribution in [0.15, 0.2) is 29.3 Å². The Kier molecular flexibility index (Phi) is 11.7. The molecule has 1 aliphatic carbocycles. The van der Waals surface area contributed by atoms with Crippen LogP contribution in [0.1, 0.15) is 45.6 Å². The van der Waals surface area contributed by atoms with Gasteiger partial charge in [0.05, 0.1) is 19.8 Å². The molecule has 1 aromatic carbocycles. The maximum Gasteiger partial charge on any atom is 0.227 e. The maximum absolute atomic E-state index is 12.2. The van der Waals surface area contributed by atoms with Crippen molar-refractivity contribution in [2.45, 2.75) is 52.6 Å². The molecule has 3 rings (SSSR count). The van der Waals surface area contributed by atoms with Gasteiger partial charge >= 0.3 is 0 Å². The average Bonchev–Trinajstić information content (AvgIpc) is 2.71. The van der Waals surface area contributed by atoms with Gasteiger partial charge in [-0.05, 0) is 43.4 Å². The van der Waals surface area contributed by atoms with Crippen LogP contribution in [0.25, 0.3) is 0 Å². The lowest BCUT2D eigenvalue weighted by Crippen LogP contribution is -2.52. The predicted molar refractivity (Wildman–Crippen MR) is 142 cm³/mol. The number of halogens is 1. The fraction of sp³-hybridized carbons (Fsp3) is 0.667. The molecule has 32 heavy (non-hydrogen) atoms. The summed E-state index contributed by atoms with van der Waals surface area (Å²) < 4.78 is 5.51. The monoisotopic (exact) mass is 557 g/mol. The SMILES string of the molecule is CCNC(=NCc1cccc(NC(=O)C2CCC2)c1)NCC(C(C)C)N1CCOCC1.I. The zero-order valence-corrected chi connectivity index (χ0v) is 22.1. The zero-order chi connectivity index (χ0) is 22.1. The molecule has 0 radical (unpaired) electrons. The minimum atomic E-state index is 0. The lowest BCUT2D eigenvalue weighted by atomic mass is 9.85. The largest absolute Gasteiger partial charge is 0.379 e. The highest BCUT2D eigenvalue weighted by Gasteiger charge is 2.25. The number of anilines is 1. The van der Waals surface area contributed by atoms with Gasteiger partial charge in [-0.3, -0.25) is 9.69 Å². The molecule has 3 N–H and O–H groups in total. The average molecular weight is 558 g/mol. The summed E-state index contributed by atoms with van der Waals surface area (Å²) in [4.78, 5) is 19.5. The lowest BCUT2D eigenvalue weighted by Gasteiger charge is -2.37. The van der Waals surface area contributed by atoms with Crippen LogP contribution in [0.4, 0.5) is 5.69 Å². The molecule has 2 fully saturated rings. The summed E-state index contributed by atoms with van der Waals surface area (Å²) in [6.45, 7) is 12.4. The minimum Gasteiger partial charge on any atom is -0.379 e. The second-order valence-corrected chi connectivity index (χ2v) is 8.85. The van der Waals surface area contributed by atoms with E-state index >= 15 is 0 Å². The van der Waals surface area contributed by atoms with Crippen LogP contribution in [0.2, 0.25) is 0 Å². The number of amides is 1. The van der Waals surface area contributed by atoms with Gasteiger partial charge in [0, 0.05) is 43.8 Å². The van der Waals surface area contributed by atoms with E-state index in [9.17, 15) is 4.79 Å². The number of hydrogen-bond donors (Lipinski definition) is 3. The lowest BCUT2D eigenvalue weighted by molar-refractivity contribution is -0.122. The van der Waals surface area contributed by atoms with Gasteiger partial charge < -0.3 is 20.7 Å². The number of morpholine rings is 1. The Morgan fingerprint density at radius 2 is 1.97 bits per heavy atom. The standard InChI is InChI=1S/C24H39N5O2.HI/c1-4-25-24(27-17-22(18(2)3)29-11-13-31-14-12-29)26-16-19-7-5-10-21(15-19)28-23(30)20-8-6-9-20;/h5,7,10,15,18,20,22H,4,6,8-9,11-14,16-17H2,1-3H3,(H,28,30)(H2,25,26,27);1H. The summed E-state index contributed by atoms with van der Waals surface area (Å²) in [6, 6.07) is 8.45. The summed E-state index contributed by atoms with van der Waals surface area (Å²) in [5, 5.41) is 9.94. The van der Waals surface area contributed by atoms with Gasteiger partial charge in [-0.25, -0.2) is 4.99 Å². The Labute approximate surface area is 210 Å². The molecule has 1 saturated carbocycles. The quantitative estimate of drug-likeness (QED) is 0.246. The van der Waals surface area contributed by atoms with E-state index in [-0.39, 0.29) is 35.8 Å². The predicted octanol–water partition coefficient (Wildman–Crippen LogP) is 3.46. The minimum absolute atomic E-state index is 0. The van der Waals surface area contributed by atoms with Gasteiger partial charge in [0.1, 0.15) is 0 Å². The highest BCUT2D eigenvalue weighted by atomic mass is 127. The molecule has 2 aliphatic rings. The molecule has 1 amide bonds. The van der Waals surface area contributed by atoms with E-state index < -0.39 is 0 Å². The first-order valence-electron chi connectivity index (χ1n) is 11.8. The van der Waals surface area contributed by atoms with Crippen molar-refractivity contribution in [1.29, 1.82) is 0 Å². The van der Waals surface area contributed by atoms with Crippen molar-refractivity contribution in [2.24, 2.45) is 16.8 Å². The van der Waals surface area contributed by atoms with E-state index in [1.54, 1.807) is 0 Å². The fourth-order valence-corrected chi connectivity index (χ4v) is 4.07. The van der Waals surface area contributed by atoms with Crippen LogP contribution >= 0.6 is 24.0 Å². The van der Waals surface area contributed by atoms with Gasteiger partial charge in [-0.1, -0.05) is 32.4 Å². The Morgan fingerprint density at radius 1 is 1.22 bits per heavy atom. The summed E-state index contributed by atoms with van der Waals surface area (Å²) in [5.41, 5.74) is 1.94. The second kappa shape index (κ2) is 14.0. The Balaban J connectivity index is 0.00000363. The first kappa shape index (κ1) is 26.9. The molecule has 8 heteroatoms. The van der Waals surface area contributed by atoms with E-state index in [0.29, 0.717) is 18.5 Å². The van der Waals surface area contributed by atoms with Crippen molar-refractivity contribution in [3.8, 4) is 0 Å². The molecule has 0 bridgehead atoms. The summed E-state index contributed by atoms with van der Waals surface area (Å²) in [5.74, 6) is 1.70. The molecule has 1 atom stereocenters. The van der Waals surface area contributed by atoms with Crippen molar-refractivity contribution < 1.29 is 9.53 Å². The van der Waals surface area contributed by atoms with E-state index in [4.69, 9.17) is 9.73 Å². The van der Waals surface area contributed by atoms with Gasteiger partial charge in [0.25, 0.3) is 0 Å². The number of ether oxygens (including phenoxy) is 1. The normalized spacial score (nSPS) is 18.4. The number of guanidine groups is 1. The number of hydrogen-bond acceptors (Lipinski definition) is 4. The first-order chi connectivity index (χ1) is 15.1. The number of carbonyl (C=O) groups is 1. The molecular formula is C24H40IN5O2. The molecule has 1 saturated heterocycles. The molecule has 1 heterocycles. The third kappa shape index (κ3) is 8.19. The van der Waals surface area contributed by atoms with Crippen LogP contribution in [-0.2, 0) is 16.1 Å². The Bertz CT molecular complexity index is 733. The van der Waals surface area contributed by atoms with Crippen LogP contribution in [-0.4, -0.2) is 62.2 Å². The van der Waals surface area contributed by atoms with Gasteiger partial charge in [0.2, 0.25) is 5.91 Å². The number of nitrogens with zero attached hydrogens (tertiary/aromatic N) is 2. The Hall–Kier alpha value is -1.39. The number of benzene rings is 1. The van der Waals surface area contributed by atoms with Crippen LogP contribution in [0.5, 0.6) is 0 Å². The van der Waals surface area contributed by atoms with E-state index in [2.05, 4.69) is 47.7 Å². The molecule has 180 valence electrons. The van der Waals surface area contributed by atoms with Crippen molar-refractivity contribution >= 4 is 41.5 Å². The van der Waals surface area contributed by atoms with E-state index in [1.165, 1.54) is 0 Å². The van der Waals surface area contributed by atoms with Gasteiger partial charge in [-0.15, -0.1) is 24.0 Å². The van der Waals surface area contributed by atoms with Gasteiger partial charge in [-0.2, -0.15) is 0 Å². The molecule has 0 aromatic heterocycles. The first-order valence-corrected chi connectivity index (χ1v) is 11.8. The third-order valence-corrected chi connectivity index (χ3v) is 6.20. The van der Waals surface area contributed by atoms with Crippen molar-refractivity contribution in [1.82, 2.24) is 15.5 Å². The topological polar surface area (TPSA) is 78.0 Å². The molecule has 1 aliphatic heterocycles. The van der Waals surface area contributed by atoms with Crippen molar-refractivity contribution in [3.05, 3.63) is 29.8 Å². The number of rotatable bonds is 9. The summed E-state index contributed by atoms with van der Waals surface area (Å²) in [6.07, 6.45) is 3.18. The molecule has 0 spiro atoms. The van der Waals surface area contributed by atoms with Crippen molar-refractivity contribution in [2.75, 3.05) is 44.7 Å². The molecule has 1 unspecified atom stereocenters. The highest BCUT2D eigenvalue weighted by Crippen LogP contribution is 2.27. The third-order valence-electron chi connectivity index (χ3n) is 6.20. The summed E-state index contributed by atoms with van der Waals surface area (Å²) in [7, 11) is 0. The van der Waals surface area contributed by atoms with Crippen molar-refractivity contribution in [3.63, 3.8) is 0 Å². The van der Waals surface area contributed by atoms with E-state index in [1.807, 2.05) is 18.2 Å². The van der Waals surface area contributed by atoms with Crippen LogP contribution < -0.4 is 16.0 Å². The number of aliphatic imine (C=N–C) groups is 1. The maximum atomic E-state index is 12.2. The molecule has 7 nitrogen and oxygen atoms in total. The number of carbonyl (C=O) groups excluding carboxylic acids is 1. The van der Waals surface area contributed by atoms with Crippen LogP contribution in [0, 0.1) is 11.8 Å². The fourth-order valence-electron chi connectivity index (χ4n) is 4.07. The van der Waals surface area contributed by atoms with E-state index in [0.717, 1.165) is 75.9 Å². The van der Waals surface area contributed by atoms with Gasteiger partial charge in [0.15, 0.2) is 5.96 Å².